The molecule has 2 aliphatic rings. The molecule has 2 heterocycles. The van der Waals surface area contributed by atoms with E-state index in [1.165, 1.54) is 0 Å². The molecule has 0 aromatic rings. The number of hydrogen-bond acceptors (Lipinski definition) is 14. The summed E-state index contributed by atoms with van der Waals surface area (Å²) < 4.78 is 34.4. The van der Waals surface area contributed by atoms with E-state index < -0.39 is 86.7 Å². The molecule has 0 saturated carbocycles. The first kappa shape index (κ1) is 73.0. The minimum atomic E-state index is -1.73. The first-order chi connectivity index (χ1) is 39.6. The average molecular weight is 1140 g/mol. The minimum absolute atomic E-state index is 0.0260. The SMILES string of the molecule is CC/C=C\C/C=C\C/C=C\C/C=C\C/C=C\C/C=C\C/C=C\CCCCCC(=O)OC(COCCCCCCCC/C=C\C/C=C\C/C=C\C/C=C\C/C=C\CC)COC1OC(COC2OC(CO)C(O)C(O)C2O)C(O)C(O)C1O. The van der Waals surface area contributed by atoms with Crippen molar-refractivity contribution in [1.82, 2.24) is 0 Å². The Bertz CT molecular complexity index is 1890. The second kappa shape index (κ2) is 51.5. The van der Waals surface area contributed by atoms with E-state index in [-0.39, 0.29) is 19.6 Å². The van der Waals surface area contributed by atoms with Gasteiger partial charge in [-0.2, -0.15) is 0 Å². The number of aliphatic hydroxyl groups is 7. The molecule has 2 aliphatic heterocycles. The fourth-order valence-electron chi connectivity index (χ4n) is 8.53. The van der Waals surface area contributed by atoms with Gasteiger partial charge in [-0.15, -0.1) is 0 Å². The van der Waals surface area contributed by atoms with Crippen LogP contribution in [-0.4, -0.2) is 142 Å². The summed E-state index contributed by atoms with van der Waals surface area (Å²) in [6, 6.07) is 0. The van der Waals surface area contributed by atoms with Crippen LogP contribution in [0.4, 0.5) is 0 Å². The van der Waals surface area contributed by atoms with E-state index in [2.05, 4.69) is 160 Å². The molecule has 14 heteroatoms. The molecule has 0 aromatic heterocycles. The van der Waals surface area contributed by atoms with Gasteiger partial charge in [0.2, 0.25) is 0 Å². The van der Waals surface area contributed by atoms with E-state index in [1.807, 2.05) is 0 Å². The summed E-state index contributed by atoms with van der Waals surface area (Å²) in [5.41, 5.74) is 0. The van der Waals surface area contributed by atoms with Gasteiger partial charge in [0.25, 0.3) is 0 Å². The Labute approximate surface area is 487 Å². The molecule has 11 atom stereocenters. The summed E-state index contributed by atoms with van der Waals surface area (Å²) >= 11 is 0. The number of carbonyl (C=O) groups excluding carboxylic acids is 1. The highest BCUT2D eigenvalue weighted by molar-refractivity contribution is 5.69. The maximum atomic E-state index is 13.1. The van der Waals surface area contributed by atoms with Crippen LogP contribution < -0.4 is 0 Å². The molecule has 0 amide bonds. The molecule has 0 aliphatic carbocycles. The number of rotatable bonds is 47. The Morgan fingerprint density at radius 1 is 0.407 bits per heavy atom. The van der Waals surface area contributed by atoms with E-state index in [1.54, 1.807) is 0 Å². The number of carbonyl (C=O) groups is 1. The van der Waals surface area contributed by atoms with Crippen LogP contribution in [0, 0.1) is 0 Å². The summed E-state index contributed by atoms with van der Waals surface area (Å²) in [5.74, 6) is -0.420. The highest BCUT2D eigenvalue weighted by Gasteiger charge is 2.47. The monoisotopic (exact) mass is 1130 g/mol. The number of hydrogen-bond donors (Lipinski definition) is 7. The third kappa shape index (κ3) is 37.6. The van der Waals surface area contributed by atoms with E-state index in [9.17, 15) is 40.5 Å². The normalized spacial score (nSPS) is 24.8. The maximum absolute atomic E-state index is 13.1. The van der Waals surface area contributed by atoms with Crippen LogP contribution in [0.3, 0.4) is 0 Å². The van der Waals surface area contributed by atoms with Gasteiger partial charge in [0.1, 0.15) is 54.9 Å². The number of unbranched alkanes of at least 4 members (excludes halogenated alkanes) is 9. The lowest BCUT2D eigenvalue weighted by Gasteiger charge is -2.42. The van der Waals surface area contributed by atoms with Gasteiger partial charge in [0, 0.05) is 13.0 Å². The van der Waals surface area contributed by atoms with Crippen LogP contribution in [0.1, 0.15) is 168 Å². The Morgan fingerprint density at radius 3 is 1.20 bits per heavy atom. The predicted molar refractivity (Wildman–Crippen MR) is 325 cm³/mol. The Hall–Kier alpha value is -4.13. The summed E-state index contributed by atoms with van der Waals surface area (Å²) in [5, 5.41) is 72.5. The van der Waals surface area contributed by atoms with Crippen molar-refractivity contribution in [2.75, 3.05) is 33.0 Å². The van der Waals surface area contributed by atoms with E-state index in [0.29, 0.717) is 13.0 Å². The largest absolute Gasteiger partial charge is 0.457 e. The minimum Gasteiger partial charge on any atom is -0.457 e. The van der Waals surface area contributed by atoms with Gasteiger partial charge in [0.05, 0.1) is 26.4 Å². The molecule has 0 aromatic carbocycles. The molecule has 2 rings (SSSR count). The van der Waals surface area contributed by atoms with Crippen LogP contribution in [-0.2, 0) is 33.2 Å². The third-order valence-corrected chi connectivity index (χ3v) is 13.3. The smallest absolute Gasteiger partial charge is 0.306 e. The molecular weight excluding hydrogens is 1030 g/mol. The number of esters is 1. The Morgan fingerprint density at radius 2 is 0.765 bits per heavy atom. The lowest BCUT2D eigenvalue weighted by molar-refractivity contribution is -0.332. The quantitative estimate of drug-likeness (QED) is 0.0172. The van der Waals surface area contributed by atoms with Gasteiger partial charge >= 0.3 is 5.97 Å². The van der Waals surface area contributed by atoms with Crippen LogP contribution in [0.5, 0.6) is 0 Å². The molecule has 2 saturated heterocycles. The lowest BCUT2D eigenvalue weighted by atomic mass is 9.98. The van der Waals surface area contributed by atoms with Gasteiger partial charge in [-0.25, -0.2) is 0 Å². The first-order valence-electron chi connectivity index (χ1n) is 30.4. The molecule has 0 radical (unpaired) electrons. The standard InChI is InChI=1S/C67H106O14/c1-3-5-7-9-11-13-15-17-19-21-23-25-27-28-29-30-32-34-36-38-40-42-44-46-48-50-59(69)79-56(53-76-51-49-47-45-43-41-39-37-35-33-31-26-24-22-20-18-16-14-12-10-8-6-4-2)54-77-66-65(75)63(73)61(71)58(81-66)55-78-67-64(74)62(72)60(70)57(52-68)80-67/h5-8,11-14,17-20,23-26,28-29,32-35,38,40,56-58,60-68,70-75H,3-4,9-10,15-16,21-22,27,30-31,36-37,39,41-55H2,1-2H3/b7-5-,8-6-,13-11-,14-12-,19-17-,20-18-,25-23-,26-24-,29-28-,34-32-,35-33-,40-38-. The molecule has 458 valence electrons. The van der Waals surface area contributed by atoms with Crippen molar-refractivity contribution in [2.24, 2.45) is 0 Å². The van der Waals surface area contributed by atoms with Gasteiger partial charge in [0.15, 0.2) is 12.6 Å². The van der Waals surface area contributed by atoms with Gasteiger partial charge in [-0.3, -0.25) is 4.79 Å². The van der Waals surface area contributed by atoms with Crippen molar-refractivity contribution in [3.63, 3.8) is 0 Å². The Kier molecular flexibility index (Phi) is 46.4. The van der Waals surface area contributed by atoms with Crippen LogP contribution in [0.25, 0.3) is 0 Å². The zero-order valence-corrected chi connectivity index (χ0v) is 49.2. The van der Waals surface area contributed by atoms with E-state index in [4.69, 9.17) is 28.4 Å². The average Bonchev–Trinajstić information content (AvgIpc) is 3.46. The highest BCUT2D eigenvalue weighted by Crippen LogP contribution is 2.26. The van der Waals surface area contributed by atoms with Gasteiger partial charge in [-0.1, -0.05) is 192 Å². The zero-order valence-electron chi connectivity index (χ0n) is 49.2. The second-order valence-electron chi connectivity index (χ2n) is 20.4. The molecular formula is C67H106O14. The van der Waals surface area contributed by atoms with Crippen LogP contribution in [0.15, 0.2) is 146 Å². The fraction of sp³-hybridized carbons (Fsp3) is 0.627. The van der Waals surface area contributed by atoms with Gasteiger partial charge in [-0.05, 0) is 116 Å². The topological polar surface area (TPSA) is 214 Å². The van der Waals surface area contributed by atoms with Crippen molar-refractivity contribution < 1.29 is 69.0 Å². The molecule has 7 N–H and O–H groups in total. The van der Waals surface area contributed by atoms with E-state index in [0.717, 1.165) is 141 Å². The molecule has 11 unspecified atom stereocenters. The third-order valence-electron chi connectivity index (χ3n) is 13.3. The predicted octanol–water partition coefficient (Wildman–Crippen LogP) is 11.6. The lowest BCUT2D eigenvalue weighted by Crippen LogP contribution is -2.61. The summed E-state index contributed by atoms with van der Waals surface area (Å²) in [7, 11) is 0. The van der Waals surface area contributed by atoms with Crippen molar-refractivity contribution in [3.8, 4) is 0 Å². The molecule has 0 bridgehead atoms. The first-order valence-corrected chi connectivity index (χ1v) is 30.4. The van der Waals surface area contributed by atoms with Crippen LogP contribution >= 0.6 is 0 Å². The number of allylic oxidation sites excluding steroid dienone is 24. The van der Waals surface area contributed by atoms with Crippen LogP contribution in [0.2, 0.25) is 0 Å². The number of ether oxygens (including phenoxy) is 6. The summed E-state index contributed by atoms with van der Waals surface area (Å²) in [6.45, 7) is 3.35. The number of aliphatic hydroxyl groups excluding tert-OH is 7. The molecule has 0 spiro atoms. The second-order valence-corrected chi connectivity index (χ2v) is 20.4. The van der Waals surface area contributed by atoms with Crippen molar-refractivity contribution in [3.05, 3.63) is 146 Å². The van der Waals surface area contributed by atoms with E-state index >= 15 is 0 Å². The molecule has 81 heavy (non-hydrogen) atoms. The zero-order chi connectivity index (χ0) is 58.6. The molecule has 2 fully saturated rings. The van der Waals surface area contributed by atoms with Crippen molar-refractivity contribution >= 4 is 5.97 Å². The Balaban J connectivity index is 1.74. The maximum Gasteiger partial charge on any atom is 0.306 e. The summed E-state index contributed by atoms with van der Waals surface area (Å²) in [6.07, 6.45) is 59.0. The molecule has 14 nitrogen and oxygen atoms in total. The highest BCUT2D eigenvalue weighted by atomic mass is 16.7. The van der Waals surface area contributed by atoms with Crippen molar-refractivity contribution in [1.29, 1.82) is 0 Å². The fourth-order valence-corrected chi connectivity index (χ4v) is 8.53. The van der Waals surface area contributed by atoms with Crippen molar-refractivity contribution in [2.45, 2.75) is 235 Å². The summed E-state index contributed by atoms with van der Waals surface area (Å²) in [4.78, 5) is 13.1. The van der Waals surface area contributed by atoms with Gasteiger partial charge < -0.3 is 64.2 Å².